The monoisotopic (exact) mass is 1050 g/mol. The van der Waals surface area contributed by atoms with Crippen molar-refractivity contribution in [2.45, 2.75) is 192 Å². The number of carbonyl (C=O) groups excluding carboxylic acids is 1. The van der Waals surface area contributed by atoms with Gasteiger partial charge >= 0.3 is 5.97 Å². The standard InChI is InChI=1S/C47H81BrN4O12S.CH2O2/c1-14-35-47(10,58)39(54)30(6)52(21-15-20-49-44(65)50-33-18-16-32(48)17-19-33)25-26(2)23-45(8,57)41(64-43-37(53)34(51(11)12)22-27(3)60-43)28(4)38(29(5)42(56)62-35)63-36-24-46(9,59-13)40(55)31(7)61-36;2-1-3/h16-19,26-31,34-41,43,53-55,57-58H,14-15,20-25H2,1-13H3,(H2,49,50,65);1H,(H,2,3)/t26-,27-,28+,29-,30-,31+,34+,35-,36+,37-,38+,39-,40+,41-,43+,45-,46-,47-;/m1./s1. The van der Waals surface area contributed by atoms with E-state index in [1.165, 1.54) is 14.0 Å². The number of likely N-dealkylation sites (N-methyl/N-ethyl adjacent to an activating group) is 1. The molecule has 1 aromatic rings. The topological polar surface area (TPSA) is 241 Å². The molecule has 0 saturated carbocycles. The molecule has 392 valence electrons. The maximum Gasteiger partial charge on any atom is 0.311 e. The first-order chi connectivity index (χ1) is 31.7. The first-order valence-electron chi connectivity index (χ1n) is 23.8. The number of nitrogens with one attached hydrogen (secondary N) is 2. The fraction of sp³-hybridized carbons (Fsp3) is 0.812. The molecule has 68 heavy (non-hydrogen) atoms. The van der Waals surface area contributed by atoms with Crippen molar-refractivity contribution in [1.82, 2.24) is 15.1 Å². The summed E-state index contributed by atoms with van der Waals surface area (Å²) in [6.45, 7) is 18.8. The van der Waals surface area contributed by atoms with Gasteiger partial charge in [-0.1, -0.05) is 36.7 Å². The number of carboxylic acid groups (broad SMARTS) is 1. The Kier molecular flexibility index (Phi) is 23.5. The highest BCUT2D eigenvalue weighted by molar-refractivity contribution is 9.10. The minimum absolute atomic E-state index is 0.112. The van der Waals surface area contributed by atoms with E-state index in [9.17, 15) is 30.3 Å². The fourth-order valence-corrected chi connectivity index (χ4v) is 10.6. The number of carbonyl (C=O) groups is 2. The molecule has 3 saturated heterocycles. The SMILES string of the molecule is CC[C@H]1OC(=O)[C@H](C)[C@@H](O[C@H]2C[C@@](C)(OC)[C@@H](O)[C@H](C)O2)[C@H](C)[C@@H](O[C@@H]2O[C@H](C)C[C@H](N(C)C)[C@H]2O)[C@](C)(O)C[C@@H](C)CN(CCCNC(=S)Nc2ccc(Br)cc2)[C@H](C)[C@@H](O)[C@]1(C)O.O=CO. The zero-order chi connectivity index (χ0) is 51.5. The summed E-state index contributed by atoms with van der Waals surface area (Å²) in [5.74, 6) is -2.78. The fourth-order valence-electron chi connectivity index (χ4n) is 10.1. The van der Waals surface area contributed by atoms with Crippen molar-refractivity contribution in [2.75, 3.05) is 46.2 Å². The van der Waals surface area contributed by atoms with E-state index in [0.29, 0.717) is 37.6 Å². The molecule has 3 aliphatic heterocycles. The van der Waals surface area contributed by atoms with Crippen LogP contribution in [0, 0.1) is 17.8 Å². The Morgan fingerprint density at radius 3 is 2.19 bits per heavy atom. The number of esters is 1. The third kappa shape index (κ3) is 15.9. The maximum absolute atomic E-state index is 14.5. The summed E-state index contributed by atoms with van der Waals surface area (Å²) >= 11 is 9.02. The van der Waals surface area contributed by atoms with Gasteiger partial charge in [0.25, 0.3) is 6.47 Å². The van der Waals surface area contributed by atoms with Crippen LogP contribution in [0.4, 0.5) is 5.69 Å². The normalized spacial score (nSPS) is 40.2. The summed E-state index contributed by atoms with van der Waals surface area (Å²) in [4.78, 5) is 26.9. The second-order valence-corrected chi connectivity index (χ2v) is 21.4. The van der Waals surface area contributed by atoms with Gasteiger partial charge < -0.3 is 74.6 Å². The predicted octanol–water partition coefficient (Wildman–Crippen LogP) is 4.11. The summed E-state index contributed by atoms with van der Waals surface area (Å²) in [6, 6.07) is 6.74. The number of cyclic esters (lactones) is 1. The van der Waals surface area contributed by atoms with Crippen molar-refractivity contribution in [3.63, 3.8) is 0 Å². The molecule has 0 radical (unpaired) electrons. The summed E-state index contributed by atoms with van der Waals surface area (Å²) < 4.78 is 39.0. The van der Waals surface area contributed by atoms with Crippen molar-refractivity contribution < 1.29 is 68.6 Å². The van der Waals surface area contributed by atoms with E-state index < -0.39 is 96.0 Å². The maximum atomic E-state index is 14.5. The molecule has 0 bridgehead atoms. The lowest BCUT2D eigenvalue weighted by Crippen LogP contribution is -2.60. The van der Waals surface area contributed by atoms with Crippen LogP contribution in [-0.2, 0) is 38.0 Å². The lowest BCUT2D eigenvalue weighted by molar-refractivity contribution is -0.318. The van der Waals surface area contributed by atoms with E-state index in [4.69, 9.17) is 50.5 Å². The van der Waals surface area contributed by atoms with Crippen LogP contribution in [0.5, 0.6) is 0 Å². The van der Waals surface area contributed by atoms with Crippen molar-refractivity contribution >= 4 is 51.4 Å². The molecule has 0 unspecified atom stereocenters. The Morgan fingerprint density at radius 2 is 1.62 bits per heavy atom. The molecule has 1 aromatic carbocycles. The van der Waals surface area contributed by atoms with Gasteiger partial charge in [-0.25, -0.2) is 0 Å². The van der Waals surface area contributed by atoms with Crippen LogP contribution >= 0.6 is 28.1 Å². The van der Waals surface area contributed by atoms with Crippen LogP contribution in [0.25, 0.3) is 0 Å². The number of aliphatic hydroxyl groups excluding tert-OH is 3. The van der Waals surface area contributed by atoms with Crippen LogP contribution in [0.1, 0.15) is 101 Å². The highest BCUT2D eigenvalue weighted by atomic mass is 79.9. The van der Waals surface area contributed by atoms with E-state index >= 15 is 0 Å². The zero-order valence-electron chi connectivity index (χ0n) is 42.3. The Labute approximate surface area is 417 Å². The molecule has 0 aromatic heterocycles. The Balaban J connectivity index is 0.00000397. The van der Waals surface area contributed by atoms with Gasteiger partial charge in [0, 0.05) is 61.3 Å². The van der Waals surface area contributed by atoms with Crippen LogP contribution in [-0.4, -0.2) is 189 Å². The summed E-state index contributed by atoms with van der Waals surface area (Å²) in [7, 11) is 5.28. The summed E-state index contributed by atoms with van der Waals surface area (Å²) in [5, 5.41) is 73.7. The number of rotatable bonds is 12. The Hall–Kier alpha value is -2.15. The highest BCUT2D eigenvalue weighted by Crippen LogP contribution is 2.40. The largest absolute Gasteiger partial charge is 0.483 e. The molecule has 18 nitrogen and oxygen atoms in total. The van der Waals surface area contributed by atoms with Gasteiger partial charge in [-0.05, 0) is 131 Å². The smallest absolute Gasteiger partial charge is 0.311 e. The molecule has 4 rings (SSSR count). The van der Waals surface area contributed by atoms with E-state index in [-0.39, 0.29) is 43.8 Å². The molecule has 3 aliphatic rings. The molecule has 3 fully saturated rings. The van der Waals surface area contributed by atoms with Crippen molar-refractivity contribution in [3.05, 3.63) is 28.7 Å². The number of nitrogens with zero attached hydrogens (tertiary/aromatic N) is 2. The zero-order valence-corrected chi connectivity index (χ0v) is 44.7. The minimum Gasteiger partial charge on any atom is -0.483 e. The number of benzene rings is 1. The molecule has 8 N–H and O–H groups in total. The third-order valence-electron chi connectivity index (χ3n) is 14.0. The molecule has 0 aliphatic carbocycles. The van der Waals surface area contributed by atoms with Crippen molar-refractivity contribution in [2.24, 2.45) is 17.8 Å². The van der Waals surface area contributed by atoms with Gasteiger partial charge in [0.05, 0.1) is 41.5 Å². The van der Waals surface area contributed by atoms with Gasteiger partial charge in [-0.2, -0.15) is 0 Å². The molecule has 3 heterocycles. The Morgan fingerprint density at radius 1 is 1.00 bits per heavy atom. The van der Waals surface area contributed by atoms with Crippen LogP contribution in [0.15, 0.2) is 28.7 Å². The number of anilines is 1. The lowest BCUT2D eigenvalue weighted by Gasteiger charge is -2.48. The molecular formula is C48H83BrN4O14S. The highest BCUT2D eigenvalue weighted by Gasteiger charge is 2.53. The number of ether oxygens (including phenoxy) is 6. The molecule has 0 spiro atoms. The number of aliphatic hydroxyl groups is 5. The van der Waals surface area contributed by atoms with Crippen molar-refractivity contribution in [3.8, 4) is 0 Å². The predicted molar refractivity (Wildman–Crippen MR) is 265 cm³/mol. The van der Waals surface area contributed by atoms with Gasteiger partial charge in [-0.3, -0.25) is 14.5 Å². The molecule has 0 amide bonds. The van der Waals surface area contributed by atoms with Crippen molar-refractivity contribution in [1.29, 1.82) is 0 Å². The van der Waals surface area contributed by atoms with E-state index in [1.807, 2.05) is 71.0 Å². The minimum atomic E-state index is -1.88. The third-order valence-corrected chi connectivity index (χ3v) is 14.8. The number of hydrogen-bond acceptors (Lipinski definition) is 16. The Bertz CT molecular complexity index is 1720. The number of thiocarbonyl (C=S) groups is 1. The number of hydrogen-bond donors (Lipinski definition) is 8. The first kappa shape index (κ1) is 60.2. The van der Waals surface area contributed by atoms with E-state index in [1.54, 1.807) is 34.6 Å². The molecule has 20 heteroatoms. The van der Waals surface area contributed by atoms with Crippen LogP contribution < -0.4 is 10.6 Å². The lowest BCUT2D eigenvalue weighted by atomic mass is 9.77. The second-order valence-electron chi connectivity index (χ2n) is 20.1. The molecular weight excluding hydrogens is 969 g/mol. The van der Waals surface area contributed by atoms with E-state index in [2.05, 4.69) is 31.5 Å². The number of halogens is 1. The first-order valence-corrected chi connectivity index (χ1v) is 25.0. The average Bonchev–Trinajstić information content (AvgIpc) is 3.26. The number of methoxy groups -OCH3 is 1. The van der Waals surface area contributed by atoms with Gasteiger partial charge in [0.1, 0.15) is 30.0 Å². The molecule has 18 atom stereocenters. The van der Waals surface area contributed by atoms with Crippen LogP contribution in [0.3, 0.4) is 0 Å². The average molecular weight is 1050 g/mol. The summed E-state index contributed by atoms with van der Waals surface area (Å²) in [5.41, 5.74) is -3.72. The summed E-state index contributed by atoms with van der Waals surface area (Å²) in [6.07, 6.45) is -8.14. The van der Waals surface area contributed by atoms with Gasteiger partial charge in [-0.15, -0.1) is 0 Å². The quantitative estimate of drug-likeness (QED) is 0.0636. The second kappa shape index (κ2) is 26.5. The van der Waals surface area contributed by atoms with E-state index in [0.717, 1.165) is 10.2 Å². The van der Waals surface area contributed by atoms with Gasteiger partial charge in [0.15, 0.2) is 17.7 Å². The van der Waals surface area contributed by atoms with Gasteiger partial charge in [0.2, 0.25) is 0 Å². The van der Waals surface area contributed by atoms with Crippen LogP contribution in [0.2, 0.25) is 0 Å².